The number of H-pyrrole nitrogens is 1. The van der Waals surface area contributed by atoms with Gasteiger partial charge in [0, 0.05) is 5.39 Å². The van der Waals surface area contributed by atoms with Crippen molar-refractivity contribution in [3.05, 3.63) is 59.9 Å². The van der Waals surface area contributed by atoms with Crippen LogP contribution in [0.1, 0.15) is 18.2 Å². The number of ether oxygens (including phenoxy) is 1. The number of hydrogen-bond acceptors (Lipinski definition) is 5. The Kier molecular flexibility index (Phi) is 4.47. The number of rotatable bonds is 5. The summed E-state index contributed by atoms with van der Waals surface area (Å²) in [6.07, 6.45) is 2.41. The van der Waals surface area contributed by atoms with Crippen molar-refractivity contribution >= 4 is 31.9 Å². The fraction of sp³-hybridized carbons (Fsp3) is 0.190. The van der Waals surface area contributed by atoms with Gasteiger partial charge in [-0.3, -0.25) is 4.98 Å². The van der Waals surface area contributed by atoms with Gasteiger partial charge in [-0.15, -0.1) is 0 Å². The van der Waals surface area contributed by atoms with Gasteiger partial charge in [0.25, 0.3) is 0 Å². The van der Waals surface area contributed by atoms with Crippen LogP contribution in [0.2, 0.25) is 0 Å². The molecule has 0 unspecified atom stereocenters. The van der Waals surface area contributed by atoms with Crippen LogP contribution in [0.4, 0.5) is 0 Å². The third-order valence-electron chi connectivity index (χ3n) is 4.73. The highest BCUT2D eigenvalue weighted by Crippen LogP contribution is 2.38. The molecule has 0 radical (unpaired) electrons. The molecule has 2 heterocycles. The van der Waals surface area contributed by atoms with E-state index in [1.54, 1.807) is 37.6 Å². The number of nitrogens with one attached hydrogen (secondary N) is 1. The Morgan fingerprint density at radius 1 is 1.04 bits per heavy atom. The van der Waals surface area contributed by atoms with Crippen molar-refractivity contribution < 1.29 is 17.3 Å². The smallest absolute Gasteiger partial charge is 0.339 e. The minimum absolute atomic E-state index is 0.111. The summed E-state index contributed by atoms with van der Waals surface area (Å²) in [6, 6.07) is 11.9. The molecule has 6 nitrogen and oxygen atoms in total. The first-order valence-electron chi connectivity index (χ1n) is 8.92. The van der Waals surface area contributed by atoms with Crippen LogP contribution in [-0.2, 0) is 16.5 Å². The Morgan fingerprint density at radius 3 is 2.46 bits per heavy atom. The first-order chi connectivity index (χ1) is 13.4. The molecule has 4 rings (SSSR count). The van der Waals surface area contributed by atoms with Gasteiger partial charge in [-0.1, -0.05) is 36.8 Å². The topological polar surface area (TPSA) is 81.3 Å². The van der Waals surface area contributed by atoms with Crippen LogP contribution in [0.3, 0.4) is 0 Å². The molecule has 1 N–H and O–H groups in total. The molecule has 0 aliphatic rings. The second-order valence-electron chi connectivity index (χ2n) is 6.53. The Morgan fingerprint density at radius 2 is 1.79 bits per heavy atom. The summed E-state index contributed by atoms with van der Waals surface area (Å²) >= 11 is 0. The number of aromatic amines is 1. The monoisotopic (exact) mass is 396 g/mol. The van der Waals surface area contributed by atoms with E-state index in [4.69, 9.17) is 8.92 Å². The van der Waals surface area contributed by atoms with Gasteiger partial charge in [0.05, 0.1) is 35.4 Å². The van der Waals surface area contributed by atoms with Crippen LogP contribution < -0.4 is 8.92 Å². The molecule has 2 aromatic carbocycles. The highest BCUT2D eigenvalue weighted by atomic mass is 32.2. The van der Waals surface area contributed by atoms with E-state index in [9.17, 15) is 8.42 Å². The van der Waals surface area contributed by atoms with E-state index in [0.29, 0.717) is 11.3 Å². The van der Waals surface area contributed by atoms with Crippen LogP contribution in [0, 0.1) is 6.92 Å². The molecule has 2 aromatic heterocycles. The maximum absolute atomic E-state index is 12.7. The number of fused-ring (bicyclic) bond motifs is 3. The van der Waals surface area contributed by atoms with Crippen molar-refractivity contribution in [1.82, 2.24) is 9.97 Å². The lowest BCUT2D eigenvalue weighted by Gasteiger charge is -2.08. The van der Waals surface area contributed by atoms with E-state index < -0.39 is 10.1 Å². The van der Waals surface area contributed by atoms with Crippen LogP contribution in [0.25, 0.3) is 21.8 Å². The van der Waals surface area contributed by atoms with Crippen molar-refractivity contribution in [3.8, 4) is 11.5 Å². The van der Waals surface area contributed by atoms with E-state index in [2.05, 4.69) is 9.97 Å². The molecule has 144 valence electrons. The predicted octanol–water partition coefficient (Wildman–Crippen LogP) is 4.36. The predicted molar refractivity (Wildman–Crippen MR) is 109 cm³/mol. The molecule has 0 spiro atoms. The molecule has 7 heteroatoms. The molecule has 0 aliphatic heterocycles. The third kappa shape index (κ3) is 2.97. The summed E-state index contributed by atoms with van der Waals surface area (Å²) < 4.78 is 36.5. The second kappa shape index (κ2) is 6.83. The maximum atomic E-state index is 12.7. The zero-order valence-electron chi connectivity index (χ0n) is 15.8. The summed E-state index contributed by atoms with van der Waals surface area (Å²) in [7, 11) is -2.37. The summed E-state index contributed by atoms with van der Waals surface area (Å²) in [5.41, 5.74) is 3.26. The number of aryl methyl sites for hydroxylation is 2. The molecule has 0 fully saturated rings. The lowest BCUT2D eigenvalue weighted by molar-refractivity contribution is 0.418. The zero-order chi connectivity index (χ0) is 19.9. The number of para-hydroxylation sites is 1. The second-order valence-corrected chi connectivity index (χ2v) is 8.08. The largest absolute Gasteiger partial charge is 0.494 e. The normalized spacial score (nSPS) is 11.8. The summed E-state index contributed by atoms with van der Waals surface area (Å²) in [5.74, 6) is 0.857. The van der Waals surface area contributed by atoms with E-state index >= 15 is 0 Å². The summed E-state index contributed by atoms with van der Waals surface area (Å²) in [6.45, 7) is 3.91. The lowest BCUT2D eigenvalue weighted by atomic mass is 10.1. The minimum atomic E-state index is -3.96. The van der Waals surface area contributed by atoms with Gasteiger partial charge in [0.15, 0.2) is 5.75 Å². The Hall–Kier alpha value is -3.06. The fourth-order valence-electron chi connectivity index (χ4n) is 3.29. The SMILES string of the molecule is CCc1ncc(OC)c2c1[nH]c1c(OS(=O)(=O)c3ccc(C)cc3)cccc12. The first kappa shape index (κ1) is 18.3. The molecule has 0 aliphatic carbocycles. The summed E-state index contributed by atoms with van der Waals surface area (Å²) in [5, 5.41) is 1.68. The van der Waals surface area contributed by atoms with Crippen LogP contribution in [0.15, 0.2) is 53.6 Å². The van der Waals surface area contributed by atoms with Crippen LogP contribution >= 0.6 is 0 Å². The van der Waals surface area contributed by atoms with Gasteiger partial charge in [-0.2, -0.15) is 8.42 Å². The fourth-order valence-corrected chi connectivity index (χ4v) is 4.23. The minimum Gasteiger partial charge on any atom is -0.494 e. The first-order valence-corrected chi connectivity index (χ1v) is 10.3. The van der Waals surface area contributed by atoms with Gasteiger partial charge in [-0.25, -0.2) is 0 Å². The zero-order valence-corrected chi connectivity index (χ0v) is 16.6. The third-order valence-corrected chi connectivity index (χ3v) is 5.98. The van der Waals surface area contributed by atoms with Crippen molar-refractivity contribution in [1.29, 1.82) is 0 Å². The molecule has 0 saturated heterocycles. The average molecular weight is 396 g/mol. The van der Waals surface area contributed by atoms with Gasteiger partial charge in [0.2, 0.25) is 0 Å². The quantitative estimate of drug-likeness (QED) is 0.507. The van der Waals surface area contributed by atoms with Crippen molar-refractivity contribution in [3.63, 3.8) is 0 Å². The molecule has 0 amide bonds. The van der Waals surface area contributed by atoms with Gasteiger partial charge < -0.3 is 13.9 Å². The Bertz CT molecular complexity index is 1280. The number of nitrogens with zero attached hydrogens (tertiary/aromatic N) is 1. The molecule has 0 saturated carbocycles. The molecule has 28 heavy (non-hydrogen) atoms. The van der Waals surface area contributed by atoms with Crippen molar-refractivity contribution in [2.45, 2.75) is 25.2 Å². The number of methoxy groups -OCH3 is 1. The Balaban J connectivity index is 1.90. The van der Waals surface area contributed by atoms with Crippen LogP contribution in [-0.4, -0.2) is 25.5 Å². The maximum Gasteiger partial charge on any atom is 0.339 e. The number of hydrogen-bond donors (Lipinski definition) is 1. The van der Waals surface area contributed by atoms with E-state index in [-0.39, 0.29) is 10.6 Å². The van der Waals surface area contributed by atoms with E-state index in [1.807, 2.05) is 19.9 Å². The number of pyridine rings is 1. The van der Waals surface area contributed by atoms with Gasteiger partial charge >= 0.3 is 10.1 Å². The van der Waals surface area contributed by atoms with E-state index in [1.165, 1.54) is 12.1 Å². The molecular weight excluding hydrogens is 376 g/mol. The summed E-state index contributed by atoms with van der Waals surface area (Å²) in [4.78, 5) is 7.84. The molecular formula is C21H20N2O4S. The lowest BCUT2D eigenvalue weighted by Crippen LogP contribution is -2.09. The highest BCUT2D eigenvalue weighted by Gasteiger charge is 2.21. The molecule has 4 aromatic rings. The average Bonchev–Trinajstić information content (AvgIpc) is 3.08. The standard InChI is InChI=1S/C21H20N2O4S/c1-4-16-21-19(18(26-3)12-22-16)15-6-5-7-17(20(15)23-21)27-28(24,25)14-10-8-13(2)9-11-14/h5-12,23H,4H2,1-3H3. The van der Waals surface area contributed by atoms with Gasteiger partial charge in [-0.05, 0) is 31.5 Å². The van der Waals surface area contributed by atoms with E-state index in [0.717, 1.165) is 34.0 Å². The Labute approximate surface area is 163 Å². The van der Waals surface area contributed by atoms with Gasteiger partial charge in [0.1, 0.15) is 10.6 Å². The molecule has 0 bridgehead atoms. The number of aromatic nitrogens is 2. The van der Waals surface area contributed by atoms with Crippen molar-refractivity contribution in [2.24, 2.45) is 0 Å². The highest BCUT2D eigenvalue weighted by molar-refractivity contribution is 7.87. The van der Waals surface area contributed by atoms with Crippen molar-refractivity contribution in [2.75, 3.05) is 7.11 Å². The van der Waals surface area contributed by atoms with Crippen LogP contribution in [0.5, 0.6) is 11.5 Å². The number of benzene rings is 2. The molecule has 0 atom stereocenters.